The Balaban J connectivity index is 3.25. The third-order valence-corrected chi connectivity index (χ3v) is 3.58. The molecule has 1 N–H and O–H groups in total. The second kappa shape index (κ2) is 12.5. The van der Waals surface area contributed by atoms with Crippen LogP contribution in [0.2, 0.25) is 0 Å². The molecule has 114 valence electrons. The van der Waals surface area contributed by atoms with Crippen molar-refractivity contribution in [2.75, 3.05) is 13.6 Å². The van der Waals surface area contributed by atoms with E-state index in [0.29, 0.717) is 0 Å². The molecule has 1 atom stereocenters. The zero-order valence-corrected chi connectivity index (χ0v) is 13.2. The van der Waals surface area contributed by atoms with Crippen LogP contribution >= 0.6 is 0 Å². The Labute approximate surface area is 119 Å². The zero-order chi connectivity index (χ0) is 14.5. The molecule has 0 bridgehead atoms. The van der Waals surface area contributed by atoms with Crippen LogP contribution in [0.3, 0.4) is 0 Å². The van der Waals surface area contributed by atoms with Gasteiger partial charge in [-0.05, 0) is 13.3 Å². The summed E-state index contributed by atoms with van der Waals surface area (Å²) in [4.78, 5) is 13.0. The minimum Gasteiger partial charge on any atom is -0.384 e. The molecule has 3 nitrogen and oxygen atoms in total. The van der Waals surface area contributed by atoms with Crippen molar-refractivity contribution in [2.24, 2.45) is 0 Å². The Morgan fingerprint density at radius 3 is 1.79 bits per heavy atom. The quantitative estimate of drug-likeness (QED) is 0.549. The van der Waals surface area contributed by atoms with Gasteiger partial charge in [-0.15, -0.1) is 0 Å². The Morgan fingerprint density at radius 1 is 0.947 bits per heavy atom. The summed E-state index contributed by atoms with van der Waals surface area (Å²) in [6, 6.07) is 0. The fraction of sp³-hybridized carbons (Fsp3) is 0.938. The van der Waals surface area contributed by atoms with Crippen molar-refractivity contribution in [3.8, 4) is 0 Å². The van der Waals surface area contributed by atoms with Gasteiger partial charge in [-0.25, -0.2) is 0 Å². The van der Waals surface area contributed by atoms with E-state index in [1.54, 1.807) is 11.9 Å². The number of carbonyl (C=O) groups excluding carboxylic acids is 1. The molecule has 1 amide bonds. The molecule has 0 aliphatic heterocycles. The molecule has 0 aliphatic rings. The predicted molar refractivity (Wildman–Crippen MR) is 81.2 cm³/mol. The van der Waals surface area contributed by atoms with E-state index in [2.05, 4.69) is 6.92 Å². The van der Waals surface area contributed by atoms with Gasteiger partial charge in [-0.1, -0.05) is 64.7 Å². The molecule has 0 radical (unpaired) electrons. The van der Waals surface area contributed by atoms with E-state index in [1.807, 2.05) is 0 Å². The molecule has 0 aliphatic carbocycles. The van der Waals surface area contributed by atoms with E-state index in [4.69, 9.17) is 5.11 Å². The van der Waals surface area contributed by atoms with E-state index < -0.39 is 6.10 Å². The molecule has 1 unspecified atom stereocenters. The molecule has 0 rings (SSSR count). The van der Waals surface area contributed by atoms with Gasteiger partial charge in [0.25, 0.3) is 5.91 Å². The van der Waals surface area contributed by atoms with Crippen molar-refractivity contribution < 1.29 is 9.90 Å². The first-order valence-corrected chi connectivity index (χ1v) is 8.02. The van der Waals surface area contributed by atoms with E-state index in [1.165, 1.54) is 64.7 Å². The topological polar surface area (TPSA) is 40.5 Å². The Kier molecular flexibility index (Phi) is 12.1. The lowest BCUT2D eigenvalue weighted by Gasteiger charge is -2.18. The van der Waals surface area contributed by atoms with E-state index in [0.717, 1.165) is 13.0 Å². The smallest absolute Gasteiger partial charge is 0.250 e. The Hall–Kier alpha value is -0.570. The number of aliphatic hydroxyl groups is 1. The number of hydrogen-bond donors (Lipinski definition) is 1. The van der Waals surface area contributed by atoms with Crippen LogP contribution in [0.5, 0.6) is 0 Å². The number of hydrogen-bond acceptors (Lipinski definition) is 2. The van der Waals surface area contributed by atoms with Crippen LogP contribution in [0.25, 0.3) is 0 Å². The van der Waals surface area contributed by atoms with Crippen molar-refractivity contribution in [3.63, 3.8) is 0 Å². The first kappa shape index (κ1) is 18.4. The van der Waals surface area contributed by atoms with Gasteiger partial charge in [0, 0.05) is 13.6 Å². The maximum absolute atomic E-state index is 11.4. The highest BCUT2D eigenvalue weighted by Crippen LogP contribution is 2.10. The number of likely N-dealkylation sites (N-methyl/N-ethyl adjacent to an activating group) is 1. The number of nitrogens with zero attached hydrogens (tertiary/aromatic N) is 1. The van der Waals surface area contributed by atoms with Crippen molar-refractivity contribution in [2.45, 2.75) is 84.2 Å². The molecule has 0 saturated heterocycles. The summed E-state index contributed by atoms with van der Waals surface area (Å²) < 4.78 is 0. The van der Waals surface area contributed by atoms with Gasteiger partial charge in [-0.2, -0.15) is 0 Å². The highest BCUT2D eigenvalue weighted by molar-refractivity contribution is 5.79. The maximum atomic E-state index is 11.4. The number of rotatable bonds is 12. The summed E-state index contributed by atoms with van der Waals surface area (Å²) in [6.45, 7) is 4.54. The lowest BCUT2D eigenvalue weighted by molar-refractivity contribution is -0.137. The molecule has 0 aromatic carbocycles. The predicted octanol–water partition coefficient (Wildman–Crippen LogP) is 3.75. The first-order valence-electron chi connectivity index (χ1n) is 8.02. The van der Waals surface area contributed by atoms with Gasteiger partial charge in [0.1, 0.15) is 6.10 Å². The first-order chi connectivity index (χ1) is 9.09. The summed E-state index contributed by atoms with van der Waals surface area (Å²) >= 11 is 0. The number of aliphatic hydroxyl groups excluding tert-OH is 1. The minimum absolute atomic E-state index is 0.170. The third-order valence-electron chi connectivity index (χ3n) is 3.58. The van der Waals surface area contributed by atoms with Crippen LogP contribution < -0.4 is 0 Å². The Morgan fingerprint density at radius 2 is 1.37 bits per heavy atom. The van der Waals surface area contributed by atoms with Crippen molar-refractivity contribution >= 4 is 5.91 Å². The van der Waals surface area contributed by atoms with Gasteiger partial charge in [0.15, 0.2) is 0 Å². The fourth-order valence-corrected chi connectivity index (χ4v) is 2.27. The van der Waals surface area contributed by atoms with Crippen molar-refractivity contribution in [1.29, 1.82) is 0 Å². The lowest BCUT2D eigenvalue weighted by atomic mass is 10.1. The van der Waals surface area contributed by atoms with Crippen LogP contribution in [0.4, 0.5) is 0 Å². The highest BCUT2D eigenvalue weighted by atomic mass is 16.3. The van der Waals surface area contributed by atoms with Crippen molar-refractivity contribution in [1.82, 2.24) is 4.90 Å². The number of amides is 1. The van der Waals surface area contributed by atoms with Gasteiger partial charge < -0.3 is 10.0 Å². The average Bonchev–Trinajstić information content (AvgIpc) is 2.39. The highest BCUT2D eigenvalue weighted by Gasteiger charge is 2.13. The van der Waals surface area contributed by atoms with E-state index in [9.17, 15) is 4.79 Å². The van der Waals surface area contributed by atoms with Gasteiger partial charge in [0.05, 0.1) is 0 Å². The lowest BCUT2D eigenvalue weighted by Crippen LogP contribution is -2.35. The van der Waals surface area contributed by atoms with Crippen LogP contribution in [0, 0.1) is 0 Å². The monoisotopic (exact) mass is 271 g/mol. The minimum atomic E-state index is -0.867. The van der Waals surface area contributed by atoms with Crippen molar-refractivity contribution in [3.05, 3.63) is 0 Å². The van der Waals surface area contributed by atoms with Gasteiger partial charge in [0.2, 0.25) is 0 Å². The molecule has 3 heteroatoms. The van der Waals surface area contributed by atoms with Gasteiger partial charge in [-0.3, -0.25) is 4.79 Å². The largest absolute Gasteiger partial charge is 0.384 e. The average molecular weight is 271 g/mol. The van der Waals surface area contributed by atoms with Crippen LogP contribution in [0.15, 0.2) is 0 Å². The standard InChI is InChI=1S/C16H33NO2/c1-4-5-6-7-8-9-10-11-12-13-14-17(3)16(19)15(2)18/h15,18H,4-14H2,1-3H3. The van der Waals surface area contributed by atoms with Crippen LogP contribution in [0.1, 0.15) is 78.1 Å². The molecule has 0 aromatic heterocycles. The molecule has 0 saturated carbocycles. The molecular weight excluding hydrogens is 238 g/mol. The Bertz CT molecular complexity index is 217. The normalized spacial score (nSPS) is 12.4. The third kappa shape index (κ3) is 11.0. The molecule has 0 fully saturated rings. The molecule has 0 aromatic rings. The molecule has 19 heavy (non-hydrogen) atoms. The fourth-order valence-electron chi connectivity index (χ4n) is 2.27. The summed E-state index contributed by atoms with van der Waals surface area (Å²) in [5.74, 6) is -0.170. The summed E-state index contributed by atoms with van der Waals surface area (Å²) in [5, 5.41) is 9.16. The summed E-state index contributed by atoms with van der Waals surface area (Å²) in [7, 11) is 1.77. The molecular formula is C16H33NO2. The summed E-state index contributed by atoms with van der Waals surface area (Å²) in [6.07, 6.45) is 12.2. The maximum Gasteiger partial charge on any atom is 0.250 e. The van der Waals surface area contributed by atoms with E-state index in [-0.39, 0.29) is 5.91 Å². The van der Waals surface area contributed by atoms with Gasteiger partial charge >= 0.3 is 0 Å². The zero-order valence-electron chi connectivity index (χ0n) is 13.2. The molecule has 0 spiro atoms. The second-order valence-electron chi connectivity index (χ2n) is 5.62. The summed E-state index contributed by atoms with van der Waals surface area (Å²) in [5.41, 5.74) is 0. The molecule has 0 heterocycles. The second-order valence-corrected chi connectivity index (χ2v) is 5.62. The van der Waals surface area contributed by atoms with E-state index >= 15 is 0 Å². The van der Waals surface area contributed by atoms with Crippen LogP contribution in [-0.4, -0.2) is 35.6 Å². The van der Waals surface area contributed by atoms with Crippen LogP contribution in [-0.2, 0) is 4.79 Å². The SMILES string of the molecule is CCCCCCCCCCCCN(C)C(=O)C(C)O. The number of unbranched alkanes of at least 4 members (excludes halogenated alkanes) is 9. The number of carbonyl (C=O) groups is 1.